The third-order valence-corrected chi connectivity index (χ3v) is 8.57. The van der Waals surface area contributed by atoms with Gasteiger partial charge in [-0.05, 0) is 37.0 Å². The standard InChI is InChI=1S/C29H28N4O2S/c1-2-16-33-27(35)21-12-6-7-13-22(21)30-28(33)36-18-23-31-25-20-11-5-4-10-19(20)17-29(14-8-3-9-15-29)24(25)26(34)32-23/h2,4-7,10-13H,1,3,8-9,14-18H2,(H,31,32,34). The highest BCUT2D eigenvalue weighted by Gasteiger charge is 2.42. The molecule has 36 heavy (non-hydrogen) atoms. The Bertz CT molecular complexity index is 1600. The van der Waals surface area contributed by atoms with E-state index in [9.17, 15) is 9.59 Å². The van der Waals surface area contributed by atoms with Crippen molar-refractivity contribution in [3.63, 3.8) is 0 Å². The fourth-order valence-corrected chi connectivity index (χ4v) is 6.85. The summed E-state index contributed by atoms with van der Waals surface area (Å²) in [6, 6.07) is 15.7. The number of nitrogens with zero attached hydrogens (tertiary/aromatic N) is 3. The molecule has 7 heteroatoms. The van der Waals surface area contributed by atoms with Crippen LogP contribution in [0.25, 0.3) is 22.2 Å². The summed E-state index contributed by atoms with van der Waals surface area (Å²) in [5.74, 6) is 0.999. The maximum absolute atomic E-state index is 13.6. The molecule has 6 nitrogen and oxygen atoms in total. The Labute approximate surface area is 213 Å². The molecule has 0 saturated heterocycles. The zero-order chi connectivity index (χ0) is 24.7. The van der Waals surface area contributed by atoms with Crippen LogP contribution < -0.4 is 11.1 Å². The Morgan fingerprint density at radius 1 is 1.03 bits per heavy atom. The van der Waals surface area contributed by atoms with E-state index >= 15 is 0 Å². The van der Waals surface area contributed by atoms with Gasteiger partial charge in [-0.25, -0.2) is 9.97 Å². The predicted molar refractivity (Wildman–Crippen MR) is 145 cm³/mol. The molecular formula is C29H28N4O2S. The van der Waals surface area contributed by atoms with Gasteiger partial charge in [0.15, 0.2) is 5.16 Å². The van der Waals surface area contributed by atoms with Crippen molar-refractivity contribution < 1.29 is 0 Å². The molecule has 1 fully saturated rings. The van der Waals surface area contributed by atoms with Crippen LogP contribution in [0.2, 0.25) is 0 Å². The van der Waals surface area contributed by atoms with Crippen LogP contribution in [0, 0.1) is 0 Å². The highest BCUT2D eigenvalue weighted by molar-refractivity contribution is 7.98. The smallest absolute Gasteiger partial charge is 0.262 e. The van der Waals surface area contributed by atoms with Crippen LogP contribution in [0.4, 0.5) is 0 Å². The SMILES string of the molecule is C=CCn1c(SCc2nc3c(c(=O)[nH]2)C2(CCCCC2)Cc2ccccc2-3)nc2ccccc2c1=O. The van der Waals surface area contributed by atoms with E-state index in [1.165, 1.54) is 23.7 Å². The minimum Gasteiger partial charge on any atom is -0.310 e. The van der Waals surface area contributed by atoms with E-state index in [1.807, 2.05) is 24.3 Å². The molecule has 0 amide bonds. The van der Waals surface area contributed by atoms with Gasteiger partial charge in [0.2, 0.25) is 0 Å². The number of allylic oxidation sites excluding steroid dienone is 1. The molecule has 1 spiro atoms. The second kappa shape index (κ2) is 9.21. The van der Waals surface area contributed by atoms with Gasteiger partial charge in [-0.15, -0.1) is 6.58 Å². The number of aromatic amines is 1. The lowest BCUT2D eigenvalue weighted by molar-refractivity contribution is 0.285. The summed E-state index contributed by atoms with van der Waals surface area (Å²) in [5.41, 5.74) is 4.44. The van der Waals surface area contributed by atoms with E-state index in [2.05, 4.69) is 29.8 Å². The molecular weight excluding hydrogens is 468 g/mol. The first kappa shape index (κ1) is 23.0. The Morgan fingerprint density at radius 2 is 1.81 bits per heavy atom. The van der Waals surface area contributed by atoms with Gasteiger partial charge in [0.1, 0.15) is 5.82 Å². The second-order valence-electron chi connectivity index (χ2n) is 9.82. The Morgan fingerprint density at radius 3 is 2.64 bits per heavy atom. The second-order valence-corrected chi connectivity index (χ2v) is 10.8. The molecule has 0 unspecified atom stereocenters. The zero-order valence-corrected chi connectivity index (χ0v) is 20.9. The van der Waals surface area contributed by atoms with Gasteiger partial charge in [0.25, 0.3) is 11.1 Å². The minimum atomic E-state index is -0.126. The van der Waals surface area contributed by atoms with Crippen LogP contribution in [0.5, 0.6) is 0 Å². The Hall–Kier alpha value is -3.45. The molecule has 1 saturated carbocycles. The molecule has 0 bridgehead atoms. The summed E-state index contributed by atoms with van der Waals surface area (Å²) in [6.45, 7) is 4.17. The molecule has 182 valence electrons. The number of aromatic nitrogens is 4. The van der Waals surface area contributed by atoms with E-state index < -0.39 is 0 Å². The van der Waals surface area contributed by atoms with Gasteiger partial charge in [-0.3, -0.25) is 14.2 Å². The average Bonchev–Trinajstić information content (AvgIpc) is 2.90. The first-order valence-corrected chi connectivity index (χ1v) is 13.5. The quantitative estimate of drug-likeness (QED) is 0.228. The van der Waals surface area contributed by atoms with Crippen LogP contribution in [0.1, 0.15) is 49.1 Å². The topological polar surface area (TPSA) is 80.6 Å². The zero-order valence-electron chi connectivity index (χ0n) is 20.1. The largest absolute Gasteiger partial charge is 0.310 e. The van der Waals surface area contributed by atoms with Crippen LogP contribution in [0.15, 0.2) is 75.9 Å². The Kier molecular flexibility index (Phi) is 5.88. The lowest BCUT2D eigenvalue weighted by Gasteiger charge is -2.41. The molecule has 0 atom stereocenters. The summed E-state index contributed by atoms with van der Waals surface area (Å²) in [5, 5.41) is 1.17. The molecule has 2 aliphatic carbocycles. The summed E-state index contributed by atoms with van der Waals surface area (Å²) in [6.07, 6.45) is 8.18. The fraction of sp³-hybridized carbons (Fsp3) is 0.310. The maximum atomic E-state index is 13.6. The first-order valence-electron chi connectivity index (χ1n) is 12.5. The number of fused-ring (bicyclic) bond motifs is 5. The van der Waals surface area contributed by atoms with Gasteiger partial charge in [0.05, 0.1) is 27.9 Å². The van der Waals surface area contributed by atoms with Crippen molar-refractivity contribution in [2.45, 2.75) is 61.4 Å². The van der Waals surface area contributed by atoms with E-state index in [0.717, 1.165) is 48.9 Å². The number of hydrogen-bond acceptors (Lipinski definition) is 5. The highest BCUT2D eigenvalue weighted by Crippen LogP contribution is 2.48. The number of H-pyrrole nitrogens is 1. The monoisotopic (exact) mass is 496 g/mol. The van der Waals surface area contributed by atoms with Crippen molar-refractivity contribution in [2.75, 3.05) is 0 Å². The summed E-state index contributed by atoms with van der Waals surface area (Å²) >= 11 is 1.41. The van der Waals surface area contributed by atoms with E-state index in [0.29, 0.717) is 34.2 Å². The van der Waals surface area contributed by atoms with Crippen molar-refractivity contribution in [1.29, 1.82) is 0 Å². The lowest BCUT2D eigenvalue weighted by atomic mass is 9.62. The van der Waals surface area contributed by atoms with Crippen molar-refractivity contribution in [2.24, 2.45) is 0 Å². The van der Waals surface area contributed by atoms with Gasteiger partial charge in [-0.2, -0.15) is 0 Å². The maximum Gasteiger partial charge on any atom is 0.262 e. The van der Waals surface area contributed by atoms with Gasteiger partial charge < -0.3 is 4.98 Å². The van der Waals surface area contributed by atoms with Crippen molar-refractivity contribution in [1.82, 2.24) is 19.5 Å². The van der Waals surface area contributed by atoms with Crippen molar-refractivity contribution >= 4 is 22.7 Å². The van der Waals surface area contributed by atoms with Crippen LogP contribution in [-0.2, 0) is 24.1 Å². The van der Waals surface area contributed by atoms with Gasteiger partial charge >= 0.3 is 0 Å². The minimum absolute atomic E-state index is 0.0260. The summed E-state index contributed by atoms with van der Waals surface area (Å²) in [7, 11) is 0. The molecule has 2 aliphatic rings. The molecule has 0 aliphatic heterocycles. The fourth-order valence-electron chi connectivity index (χ4n) is 5.97. The lowest BCUT2D eigenvalue weighted by Crippen LogP contribution is -2.41. The molecule has 2 aromatic heterocycles. The van der Waals surface area contributed by atoms with Gasteiger partial charge in [0, 0.05) is 17.5 Å². The number of benzene rings is 2. The van der Waals surface area contributed by atoms with E-state index in [4.69, 9.17) is 9.97 Å². The molecule has 1 N–H and O–H groups in total. The number of nitrogens with one attached hydrogen (secondary N) is 1. The van der Waals surface area contributed by atoms with Crippen LogP contribution in [0.3, 0.4) is 0 Å². The molecule has 4 aromatic rings. The molecule has 0 radical (unpaired) electrons. The molecule has 6 rings (SSSR count). The number of rotatable bonds is 5. The van der Waals surface area contributed by atoms with E-state index in [-0.39, 0.29) is 16.5 Å². The average molecular weight is 497 g/mol. The summed E-state index contributed by atoms with van der Waals surface area (Å²) < 4.78 is 1.63. The Balaban J connectivity index is 1.41. The number of hydrogen-bond donors (Lipinski definition) is 1. The van der Waals surface area contributed by atoms with E-state index in [1.54, 1.807) is 16.7 Å². The highest BCUT2D eigenvalue weighted by atomic mass is 32.2. The third kappa shape index (κ3) is 3.82. The molecule has 2 aromatic carbocycles. The third-order valence-electron chi connectivity index (χ3n) is 7.59. The normalized spacial score (nSPS) is 16.0. The van der Waals surface area contributed by atoms with Crippen molar-refractivity contribution in [3.8, 4) is 11.3 Å². The van der Waals surface area contributed by atoms with Crippen LogP contribution >= 0.6 is 11.8 Å². The summed E-state index contributed by atoms with van der Waals surface area (Å²) in [4.78, 5) is 39.5. The van der Waals surface area contributed by atoms with Crippen molar-refractivity contribution in [3.05, 3.63) is 98.8 Å². The predicted octanol–water partition coefficient (Wildman–Crippen LogP) is 5.38. The first-order chi connectivity index (χ1) is 17.6. The van der Waals surface area contributed by atoms with Gasteiger partial charge in [-0.1, -0.05) is 73.5 Å². The van der Waals surface area contributed by atoms with Crippen LogP contribution in [-0.4, -0.2) is 19.5 Å². The number of thioether (sulfide) groups is 1. The number of para-hydroxylation sites is 1. The molecule has 2 heterocycles.